The Morgan fingerprint density at radius 1 is 1.09 bits per heavy atom. The van der Waals surface area contributed by atoms with Crippen molar-refractivity contribution in [3.05, 3.63) is 83.9 Å². The van der Waals surface area contributed by atoms with Gasteiger partial charge in [-0.25, -0.2) is 9.37 Å². The minimum atomic E-state index is -0.327. The van der Waals surface area contributed by atoms with E-state index in [1.807, 2.05) is 59.5 Å². The molecule has 8 nitrogen and oxygen atoms in total. The highest BCUT2D eigenvalue weighted by Crippen LogP contribution is 2.31. The lowest BCUT2D eigenvalue weighted by molar-refractivity contribution is -0.132. The molecule has 4 aromatic rings. The fraction of sp³-hybridized carbons (Fsp3) is 0.382. The monoisotopic (exact) mass is 585 g/mol. The summed E-state index contributed by atoms with van der Waals surface area (Å²) in [4.78, 5) is 31.2. The molecule has 1 aliphatic rings. The Morgan fingerprint density at radius 3 is 2.51 bits per heavy atom. The molecule has 0 aliphatic carbocycles. The molecule has 226 valence electrons. The van der Waals surface area contributed by atoms with Crippen molar-refractivity contribution in [1.29, 1.82) is 0 Å². The lowest BCUT2D eigenvalue weighted by atomic mass is 9.95. The molecule has 2 amide bonds. The molecular formula is C34H40FN5O3. The molecule has 3 aromatic carbocycles. The van der Waals surface area contributed by atoms with Crippen molar-refractivity contribution < 1.29 is 18.7 Å². The Bertz CT molecular complexity index is 1550. The number of para-hydroxylation sites is 1. The number of benzene rings is 3. The summed E-state index contributed by atoms with van der Waals surface area (Å²) in [6.45, 7) is 4.02. The van der Waals surface area contributed by atoms with E-state index in [9.17, 15) is 14.0 Å². The van der Waals surface area contributed by atoms with Crippen LogP contribution in [0.25, 0.3) is 22.2 Å². The van der Waals surface area contributed by atoms with Crippen molar-refractivity contribution in [2.75, 3.05) is 32.1 Å². The number of aromatic nitrogens is 2. The highest BCUT2D eigenvalue weighted by Gasteiger charge is 2.29. The van der Waals surface area contributed by atoms with Gasteiger partial charge in [-0.3, -0.25) is 9.59 Å². The largest absolute Gasteiger partial charge is 0.385 e. The molecule has 2 atom stereocenters. The second kappa shape index (κ2) is 13.9. The number of fused-ring (bicyclic) bond motifs is 1. The van der Waals surface area contributed by atoms with E-state index < -0.39 is 0 Å². The maximum absolute atomic E-state index is 14.6. The number of methoxy groups -OCH3 is 1. The van der Waals surface area contributed by atoms with Crippen molar-refractivity contribution in [3.63, 3.8) is 0 Å². The third-order valence-electron chi connectivity index (χ3n) is 8.06. The van der Waals surface area contributed by atoms with Crippen LogP contribution in [0.1, 0.15) is 49.9 Å². The molecule has 5 rings (SSSR count). The maximum atomic E-state index is 14.6. The first-order valence-electron chi connectivity index (χ1n) is 15.0. The second-order valence-corrected chi connectivity index (χ2v) is 11.4. The van der Waals surface area contributed by atoms with Crippen LogP contribution in [0, 0.1) is 5.82 Å². The van der Waals surface area contributed by atoms with Crippen LogP contribution in [0.5, 0.6) is 0 Å². The number of piperidine rings is 1. The van der Waals surface area contributed by atoms with E-state index in [1.54, 1.807) is 13.2 Å². The SMILES string of the molecule is COCCCn1c(C2CCCN(C(=O)CC(N)Cc3ccc(-c4ccc(NC(C)=O)cc4)cc3)C2)nc2c(F)cccc21. The van der Waals surface area contributed by atoms with Gasteiger partial charge in [0.15, 0.2) is 5.82 Å². The summed E-state index contributed by atoms with van der Waals surface area (Å²) in [6, 6.07) is 20.7. The molecule has 43 heavy (non-hydrogen) atoms. The Balaban J connectivity index is 1.20. The van der Waals surface area contributed by atoms with Crippen molar-refractivity contribution in [2.45, 2.75) is 57.5 Å². The first-order chi connectivity index (χ1) is 20.8. The predicted octanol–water partition coefficient (Wildman–Crippen LogP) is 5.50. The number of imidazole rings is 1. The van der Waals surface area contributed by atoms with E-state index in [4.69, 9.17) is 15.5 Å². The summed E-state index contributed by atoms with van der Waals surface area (Å²) >= 11 is 0. The number of hydrogen-bond donors (Lipinski definition) is 2. The minimum absolute atomic E-state index is 0.0307. The van der Waals surface area contributed by atoms with Gasteiger partial charge >= 0.3 is 0 Å². The van der Waals surface area contributed by atoms with Crippen LogP contribution in [0.4, 0.5) is 10.1 Å². The number of aryl methyl sites for hydroxylation is 1. The first-order valence-corrected chi connectivity index (χ1v) is 15.0. The average Bonchev–Trinajstić information content (AvgIpc) is 3.38. The van der Waals surface area contributed by atoms with Crippen molar-refractivity contribution in [3.8, 4) is 11.1 Å². The van der Waals surface area contributed by atoms with Crippen LogP contribution in [0.15, 0.2) is 66.7 Å². The van der Waals surface area contributed by atoms with E-state index in [2.05, 4.69) is 9.88 Å². The number of nitrogens with zero attached hydrogens (tertiary/aromatic N) is 3. The first kappa shape index (κ1) is 30.4. The van der Waals surface area contributed by atoms with Gasteiger partial charge in [0.05, 0.1) is 5.52 Å². The normalized spacial score (nSPS) is 15.9. The summed E-state index contributed by atoms with van der Waals surface area (Å²) in [7, 11) is 1.67. The predicted molar refractivity (Wildman–Crippen MR) is 167 cm³/mol. The molecule has 1 aromatic heterocycles. The van der Waals surface area contributed by atoms with Crippen LogP contribution in [-0.2, 0) is 27.3 Å². The molecule has 0 saturated carbocycles. The average molecular weight is 586 g/mol. The molecule has 0 spiro atoms. The Kier molecular flexibility index (Phi) is 9.84. The fourth-order valence-corrected chi connectivity index (χ4v) is 5.97. The number of carbonyl (C=O) groups is 2. The van der Waals surface area contributed by atoms with Gasteiger partial charge < -0.3 is 25.3 Å². The molecule has 2 heterocycles. The molecule has 3 N–H and O–H groups in total. The number of anilines is 1. The highest BCUT2D eigenvalue weighted by atomic mass is 19.1. The summed E-state index contributed by atoms with van der Waals surface area (Å²) in [5.41, 5.74) is 11.6. The summed E-state index contributed by atoms with van der Waals surface area (Å²) in [6.07, 6.45) is 3.41. The molecular weight excluding hydrogens is 545 g/mol. The zero-order chi connectivity index (χ0) is 30.3. The van der Waals surface area contributed by atoms with Crippen LogP contribution in [-0.4, -0.2) is 59.1 Å². The number of carbonyl (C=O) groups excluding carboxylic acids is 2. The van der Waals surface area contributed by atoms with Crippen LogP contribution < -0.4 is 11.1 Å². The van der Waals surface area contributed by atoms with Crippen LogP contribution in [0.3, 0.4) is 0 Å². The van der Waals surface area contributed by atoms with E-state index in [-0.39, 0.29) is 36.0 Å². The number of hydrogen-bond acceptors (Lipinski definition) is 5. The van der Waals surface area contributed by atoms with Gasteiger partial charge in [-0.2, -0.15) is 0 Å². The lowest BCUT2D eigenvalue weighted by Gasteiger charge is -2.33. The fourth-order valence-electron chi connectivity index (χ4n) is 5.97. The van der Waals surface area contributed by atoms with Crippen molar-refractivity contribution >= 4 is 28.5 Å². The van der Waals surface area contributed by atoms with Crippen LogP contribution in [0.2, 0.25) is 0 Å². The number of rotatable bonds is 11. The number of halogens is 1. The topological polar surface area (TPSA) is 102 Å². The van der Waals surface area contributed by atoms with Gasteiger partial charge in [0.25, 0.3) is 0 Å². The molecule has 1 aliphatic heterocycles. The van der Waals surface area contributed by atoms with Gasteiger partial charge in [-0.15, -0.1) is 0 Å². The van der Waals surface area contributed by atoms with Crippen LogP contribution >= 0.6 is 0 Å². The lowest BCUT2D eigenvalue weighted by Crippen LogP contribution is -2.42. The van der Waals surface area contributed by atoms with E-state index in [0.29, 0.717) is 38.2 Å². The molecule has 2 unspecified atom stereocenters. The number of nitrogens with one attached hydrogen (secondary N) is 1. The van der Waals surface area contributed by atoms with Gasteiger partial charge in [-0.05, 0) is 66.6 Å². The Hall–Kier alpha value is -4.08. The molecule has 0 bridgehead atoms. The Morgan fingerprint density at radius 2 is 1.81 bits per heavy atom. The van der Waals surface area contributed by atoms with Gasteiger partial charge in [0.2, 0.25) is 11.8 Å². The minimum Gasteiger partial charge on any atom is -0.385 e. The quantitative estimate of drug-likeness (QED) is 0.226. The zero-order valence-corrected chi connectivity index (χ0v) is 24.9. The standard InChI is InChI=1S/C34H40FN5O3/c1-23(41)37-29-15-13-26(14-16-29)25-11-9-24(10-12-25)20-28(36)21-32(42)39-17-4-6-27(22-39)34-38-33-30(35)7-3-8-31(33)40(34)18-5-19-43-2/h3,7-16,27-28H,4-6,17-22,36H2,1-2H3,(H,37,41). The van der Waals surface area contributed by atoms with E-state index in [1.165, 1.54) is 13.0 Å². The Labute approximate surface area is 252 Å². The van der Waals surface area contributed by atoms with Crippen molar-refractivity contribution in [1.82, 2.24) is 14.5 Å². The van der Waals surface area contributed by atoms with Crippen molar-refractivity contribution in [2.24, 2.45) is 5.73 Å². The third kappa shape index (κ3) is 7.47. The number of ether oxygens (including phenoxy) is 1. The third-order valence-corrected chi connectivity index (χ3v) is 8.06. The number of amides is 2. The second-order valence-electron chi connectivity index (χ2n) is 11.4. The molecule has 9 heteroatoms. The summed E-state index contributed by atoms with van der Waals surface area (Å²) in [5, 5.41) is 2.78. The number of likely N-dealkylation sites (tertiary alicyclic amines) is 1. The summed E-state index contributed by atoms with van der Waals surface area (Å²) in [5.74, 6) is 0.484. The smallest absolute Gasteiger partial charge is 0.224 e. The van der Waals surface area contributed by atoms with Gasteiger partial charge in [-0.1, -0.05) is 42.5 Å². The molecule has 1 fully saturated rings. The van der Waals surface area contributed by atoms with E-state index >= 15 is 0 Å². The molecule has 0 radical (unpaired) electrons. The zero-order valence-electron chi connectivity index (χ0n) is 24.9. The van der Waals surface area contributed by atoms with Gasteiger partial charge in [0, 0.05) is 64.3 Å². The molecule has 1 saturated heterocycles. The van der Waals surface area contributed by atoms with E-state index in [0.717, 1.165) is 53.0 Å². The highest BCUT2D eigenvalue weighted by molar-refractivity contribution is 5.89. The van der Waals surface area contributed by atoms with Gasteiger partial charge in [0.1, 0.15) is 11.3 Å². The maximum Gasteiger partial charge on any atom is 0.224 e. The number of nitrogens with two attached hydrogens (primary N) is 1. The summed E-state index contributed by atoms with van der Waals surface area (Å²) < 4.78 is 22.0.